The van der Waals surface area contributed by atoms with E-state index in [9.17, 15) is 18.0 Å². The van der Waals surface area contributed by atoms with Gasteiger partial charge in [-0.3, -0.25) is 10.4 Å². The molecule has 0 fully saturated rings. The zero-order valence-corrected chi connectivity index (χ0v) is 12.3. The first-order valence-corrected chi connectivity index (χ1v) is 6.62. The fourth-order valence-corrected chi connectivity index (χ4v) is 2.12. The summed E-state index contributed by atoms with van der Waals surface area (Å²) in [6, 6.07) is 3.01. The summed E-state index contributed by atoms with van der Waals surface area (Å²) in [5.74, 6) is -1.14. The molecule has 0 saturated carbocycles. The third-order valence-electron chi connectivity index (χ3n) is 2.87. The first-order chi connectivity index (χ1) is 9.82. The van der Waals surface area contributed by atoms with E-state index in [1.54, 1.807) is 12.1 Å². The van der Waals surface area contributed by atoms with Gasteiger partial charge in [-0.15, -0.1) is 0 Å². The van der Waals surface area contributed by atoms with Gasteiger partial charge in [0.2, 0.25) is 5.84 Å². The second kappa shape index (κ2) is 6.02. The Morgan fingerprint density at radius 1 is 1.33 bits per heavy atom. The number of rotatable bonds is 2. The minimum absolute atomic E-state index is 0.300. The number of amidine groups is 1. The molecule has 1 aromatic rings. The average Bonchev–Trinajstić information content (AvgIpc) is 2.45. The molecule has 0 aliphatic carbocycles. The van der Waals surface area contributed by atoms with E-state index < -0.39 is 24.2 Å². The van der Waals surface area contributed by atoms with E-state index in [0.29, 0.717) is 5.56 Å². The first kappa shape index (κ1) is 15.8. The van der Waals surface area contributed by atoms with E-state index in [1.807, 2.05) is 0 Å². The molecule has 1 aliphatic rings. The molecule has 2 rings (SSSR count). The van der Waals surface area contributed by atoms with Gasteiger partial charge < -0.3 is 4.74 Å². The largest absolute Gasteiger partial charge is 0.463 e. The van der Waals surface area contributed by atoms with E-state index in [2.05, 4.69) is 36.5 Å². The predicted molar refractivity (Wildman–Crippen MR) is 72.4 cm³/mol. The lowest BCUT2D eigenvalue weighted by molar-refractivity contribution is -0.164. The number of ether oxygens (including phenoxy) is 1. The first-order valence-electron chi connectivity index (χ1n) is 5.82. The molecule has 114 valence electrons. The number of nitrogens with zero attached hydrogens (tertiary/aromatic N) is 1. The molecule has 9 heteroatoms. The molecule has 0 bridgehead atoms. The van der Waals surface area contributed by atoms with Crippen molar-refractivity contribution in [3.05, 3.63) is 34.3 Å². The average molecular weight is 366 g/mol. The van der Waals surface area contributed by atoms with Gasteiger partial charge in [-0.1, -0.05) is 28.1 Å². The lowest BCUT2D eigenvalue weighted by Crippen LogP contribution is -2.59. The van der Waals surface area contributed by atoms with Gasteiger partial charge in [0.25, 0.3) is 0 Å². The highest BCUT2D eigenvalue weighted by Gasteiger charge is 2.48. The van der Waals surface area contributed by atoms with Crippen molar-refractivity contribution in [1.82, 2.24) is 10.9 Å². The third-order valence-corrected chi connectivity index (χ3v) is 3.40. The number of carbonyl (C=O) groups is 1. The number of alkyl halides is 3. The quantitative estimate of drug-likeness (QED) is 0.788. The summed E-state index contributed by atoms with van der Waals surface area (Å²) >= 11 is 3.21. The van der Waals surface area contributed by atoms with Crippen molar-refractivity contribution < 1.29 is 22.7 Å². The highest BCUT2D eigenvalue weighted by molar-refractivity contribution is 9.10. The number of aliphatic imine (C=N–C) groups is 1. The second-order valence-electron chi connectivity index (χ2n) is 4.25. The van der Waals surface area contributed by atoms with E-state index in [1.165, 1.54) is 12.1 Å². The van der Waals surface area contributed by atoms with Gasteiger partial charge in [0.15, 0.2) is 0 Å². The van der Waals surface area contributed by atoms with Gasteiger partial charge in [0, 0.05) is 4.47 Å². The molecule has 21 heavy (non-hydrogen) atoms. The van der Waals surface area contributed by atoms with Gasteiger partial charge in [-0.25, -0.2) is 10.2 Å². The zero-order valence-electron chi connectivity index (χ0n) is 10.7. The number of hydrazine groups is 1. The lowest BCUT2D eigenvalue weighted by atomic mass is 9.99. The van der Waals surface area contributed by atoms with Crippen LogP contribution in [0, 0.1) is 0 Å². The summed E-state index contributed by atoms with van der Waals surface area (Å²) in [4.78, 5) is 15.2. The maximum absolute atomic E-state index is 13.1. The molecule has 1 aromatic carbocycles. The fourth-order valence-electron chi connectivity index (χ4n) is 1.86. The Kier molecular flexibility index (Phi) is 4.52. The smallest absolute Gasteiger partial charge is 0.408 e. The number of methoxy groups -OCH3 is 1. The van der Waals surface area contributed by atoms with Crippen LogP contribution in [-0.4, -0.2) is 31.1 Å². The summed E-state index contributed by atoms with van der Waals surface area (Å²) in [5.41, 5.74) is 4.53. The molecule has 0 saturated heterocycles. The topological polar surface area (TPSA) is 62.7 Å². The van der Waals surface area contributed by atoms with E-state index in [4.69, 9.17) is 0 Å². The number of esters is 1. The Balaban J connectivity index is 2.41. The van der Waals surface area contributed by atoms with Crippen LogP contribution in [-0.2, 0) is 9.53 Å². The summed E-state index contributed by atoms with van der Waals surface area (Å²) < 4.78 is 44.4. The molecule has 1 heterocycles. The van der Waals surface area contributed by atoms with Crippen LogP contribution >= 0.6 is 15.9 Å². The molecule has 0 unspecified atom stereocenters. The summed E-state index contributed by atoms with van der Waals surface area (Å²) in [6.45, 7) is 0. The molecule has 2 N–H and O–H groups in total. The lowest BCUT2D eigenvalue weighted by Gasteiger charge is -2.32. The number of carbonyl (C=O) groups excluding carboxylic acids is 1. The summed E-state index contributed by atoms with van der Waals surface area (Å²) in [5, 5.41) is 0. The maximum Gasteiger partial charge on any atom is 0.408 e. The van der Waals surface area contributed by atoms with Crippen LogP contribution in [0.4, 0.5) is 13.2 Å². The van der Waals surface area contributed by atoms with Crippen LogP contribution in [0.5, 0.6) is 0 Å². The van der Waals surface area contributed by atoms with Crippen LogP contribution in [0.25, 0.3) is 0 Å². The Hall–Kier alpha value is -1.61. The standard InChI is InChI=1S/C12H11BrF3N3O2/c1-21-11(20)10-17-8(6-2-4-7(13)5-3-6)9(18-19-10)12(14,15)16/h2-5,8-9,18H,1H3,(H,17,19)/t8-,9+/m1/s1. The molecular weight excluding hydrogens is 355 g/mol. The molecule has 5 nitrogen and oxygen atoms in total. The number of nitrogens with one attached hydrogen (secondary N) is 2. The van der Waals surface area contributed by atoms with E-state index >= 15 is 0 Å². The van der Waals surface area contributed by atoms with Crippen molar-refractivity contribution in [2.45, 2.75) is 18.3 Å². The van der Waals surface area contributed by atoms with Crippen LogP contribution in [0.15, 0.2) is 33.7 Å². The normalized spacial score (nSPS) is 22.2. The van der Waals surface area contributed by atoms with Crippen molar-refractivity contribution in [1.29, 1.82) is 0 Å². The van der Waals surface area contributed by atoms with Crippen molar-refractivity contribution in [2.75, 3.05) is 7.11 Å². The zero-order chi connectivity index (χ0) is 15.6. The Morgan fingerprint density at radius 3 is 2.48 bits per heavy atom. The van der Waals surface area contributed by atoms with Gasteiger partial charge in [-0.2, -0.15) is 13.2 Å². The SMILES string of the molecule is COC(=O)C1=N[C@H](c2ccc(Br)cc2)[C@@H](C(F)(F)F)NN1. The Labute approximate surface area is 126 Å². The van der Waals surface area contributed by atoms with Crippen molar-refractivity contribution in [3.63, 3.8) is 0 Å². The summed E-state index contributed by atoms with van der Waals surface area (Å²) in [7, 11) is 1.12. The van der Waals surface area contributed by atoms with Crippen molar-refractivity contribution >= 4 is 27.7 Å². The van der Waals surface area contributed by atoms with Crippen LogP contribution in [0.3, 0.4) is 0 Å². The van der Waals surface area contributed by atoms with Crippen LogP contribution in [0.1, 0.15) is 11.6 Å². The van der Waals surface area contributed by atoms with E-state index in [-0.39, 0.29) is 5.84 Å². The second-order valence-corrected chi connectivity index (χ2v) is 5.17. The van der Waals surface area contributed by atoms with Crippen molar-refractivity contribution in [3.8, 4) is 0 Å². The minimum Gasteiger partial charge on any atom is -0.463 e. The van der Waals surface area contributed by atoms with Gasteiger partial charge in [0.1, 0.15) is 12.1 Å². The number of halogens is 4. The monoisotopic (exact) mass is 365 g/mol. The maximum atomic E-state index is 13.1. The third kappa shape index (κ3) is 3.53. The Bertz CT molecular complexity index is 560. The summed E-state index contributed by atoms with van der Waals surface area (Å²) in [6.07, 6.45) is -4.53. The highest BCUT2D eigenvalue weighted by Crippen LogP contribution is 2.34. The van der Waals surface area contributed by atoms with Gasteiger partial charge in [-0.05, 0) is 17.7 Å². The van der Waals surface area contributed by atoms with Crippen LogP contribution in [0.2, 0.25) is 0 Å². The minimum atomic E-state index is -4.53. The number of hydrogen-bond acceptors (Lipinski definition) is 5. The molecule has 0 radical (unpaired) electrons. The molecule has 0 spiro atoms. The number of benzene rings is 1. The fraction of sp³-hybridized carbons (Fsp3) is 0.333. The molecule has 2 atom stereocenters. The van der Waals surface area contributed by atoms with Gasteiger partial charge >= 0.3 is 12.1 Å². The molecule has 1 aliphatic heterocycles. The highest BCUT2D eigenvalue weighted by atomic mass is 79.9. The van der Waals surface area contributed by atoms with Gasteiger partial charge in [0.05, 0.1) is 7.11 Å². The predicted octanol–water partition coefficient (Wildman–Crippen LogP) is 2.10. The Morgan fingerprint density at radius 2 is 1.95 bits per heavy atom. The molecular formula is C12H11BrF3N3O2. The number of hydrogen-bond donors (Lipinski definition) is 2. The van der Waals surface area contributed by atoms with E-state index in [0.717, 1.165) is 11.6 Å². The van der Waals surface area contributed by atoms with Crippen LogP contribution < -0.4 is 10.9 Å². The molecule has 0 amide bonds. The van der Waals surface area contributed by atoms with Crippen molar-refractivity contribution in [2.24, 2.45) is 4.99 Å². The molecule has 0 aromatic heterocycles.